The third-order valence-corrected chi connectivity index (χ3v) is 11.4. The maximum Gasteiger partial charge on any atom is 0.305 e. The lowest BCUT2D eigenvalue weighted by molar-refractivity contribution is -0.180. The van der Waals surface area contributed by atoms with Crippen molar-refractivity contribution >= 4 is 5.97 Å². The Morgan fingerprint density at radius 2 is 1.07 bits per heavy atom. The van der Waals surface area contributed by atoms with Crippen LogP contribution in [0.5, 0.6) is 0 Å². The number of carbonyl (C=O) groups is 1. The van der Waals surface area contributed by atoms with Crippen molar-refractivity contribution < 1.29 is 97.4 Å². The molecule has 1 fully saturated rings. The van der Waals surface area contributed by atoms with Crippen LogP contribution >= 0.6 is 0 Å². The molecule has 21 heteroatoms. The molecule has 21 nitrogen and oxygen atoms in total. The van der Waals surface area contributed by atoms with E-state index in [9.17, 15) is 40.5 Å². The molecule has 1 heterocycles. The molecule has 1 aliphatic heterocycles. The first-order chi connectivity index (χ1) is 35.6. The van der Waals surface area contributed by atoms with Gasteiger partial charge in [-0.3, -0.25) is 4.79 Å². The van der Waals surface area contributed by atoms with Gasteiger partial charge < -0.3 is 98.3 Å². The van der Waals surface area contributed by atoms with Gasteiger partial charge in [0.25, 0.3) is 0 Å². The van der Waals surface area contributed by atoms with Gasteiger partial charge in [0.1, 0.15) is 61.5 Å². The molecule has 0 aromatic carbocycles. The summed E-state index contributed by atoms with van der Waals surface area (Å²) in [6, 6.07) is 0. The lowest BCUT2D eigenvalue weighted by Crippen LogP contribution is -2.42. The fourth-order valence-corrected chi connectivity index (χ4v) is 7.12. The van der Waals surface area contributed by atoms with Crippen molar-refractivity contribution in [3.8, 4) is 0 Å². The van der Waals surface area contributed by atoms with Gasteiger partial charge in [0, 0.05) is 13.0 Å². The van der Waals surface area contributed by atoms with Crippen molar-refractivity contribution in [1.29, 1.82) is 0 Å². The Morgan fingerprint density at radius 3 is 1.67 bits per heavy atom. The van der Waals surface area contributed by atoms with E-state index >= 15 is 0 Å². The molecule has 10 unspecified atom stereocenters. The number of hydrogen-bond acceptors (Lipinski definition) is 21. The number of esters is 1. The minimum atomic E-state index is -1.17. The second-order valence-corrected chi connectivity index (χ2v) is 18.7. The van der Waals surface area contributed by atoms with Gasteiger partial charge >= 0.3 is 5.97 Å². The van der Waals surface area contributed by atoms with Crippen molar-refractivity contribution in [3.63, 3.8) is 0 Å². The monoisotopic (exact) mass is 1060 g/mol. The molecule has 0 bridgehead atoms. The molecular formula is C52H101NO20. The van der Waals surface area contributed by atoms with Crippen molar-refractivity contribution in [3.05, 3.63) is 12.2 Å². The molecule has 0 radical (unpaired) electrons. The van der Waals surface area contributed by atoms with E-state index in [1.807, 2.05) is 6.92 Å². The SMILES string of the molecule is CCCCCCCCC=CCCCCCCCC(=O)OCC(CO)OCC(O)COCC(COCC(COCC(O)COCCCN)OC(COCC(O)CC)COCC1COCC(CO)O1)OCC(O)CO. The van der Waals surface area contributed by atoms with E-state index in [4.69, 9.17) is 62.6 Å². The highest BCUT2D eigenvalue weighted by Gasteiger charge is 2.25. The van der Waals surface area contributed by atoms with Crippen LogP contribution in [0.2, 0.25) is 0 Å². The van der Waals surface area contributed by atoms with E-state index in [1.54, 1.807) is 0 Å². The predicted octanol–water partition coefficient (Wildman–Crippen LogP) is 2.15. The summed E-state index contributed by atoms with van der Waals surface area (Å²) >= 11 is 0. The van der Waals surface area contributed by atoms with E-state index in [2.05, 4.69) is 19.1 Å². The zero-order chi connectivity index (χ0) is 53.4. The number of ether oxygens (including phenoxy) is 12. The predicted molar refractivity (Wildman–Crippen MR) is 272 cm³/mol. The van der Waals surface area contributed by atoms with Gasteiger partial charge in [0.2, 0.25) is 0 Å². The maximum atomic E-state index is 12.4. The van der Waals surface area contributed by atoms with Crippen LogP contribution in [0.4, 0.5) is 0 Å². The van der Waals surface area contributed by atoms with Crippen LogP contribution in [0.15, 0.2) is 12.2 Å². The molecule has 434 valence electrons. The number of aliphatic hydroxyl groups is 7. The average Bonchev–Trinajstić information content (AvgIpc) is 3.39. The van der Waals surface area contributed by atoms with E-state index < -0.39 is 74.3 Å². The van der Waals surface area contributed by atoms with Crippen LogP contribution in [0.3, 0.4) is 0 Å². The van der Waals surface area contributed by atoms with Gasteiger partial charge in [0.05, 0.1) is 125 Å². The Labute approximate surface area is 436 Å². The lowest BCUT2D eigenvalue weighted by Gasteiger charge is -2.30. The molecule has 9 N–H and O–H groups in total. The normalized spacial score (nSPS) is 18.7. The molecule has 0 aromatic rings. The Balaban J connectivity index is 2.66. The minimum Gasteiger partial charge on any atom is -0.463 e. The van der Waals surface area contributed by atoms with Crippen LogP contribution in [0.1, 0.15) is 117 Å². The van der Waals surface area contributed by atoms with Gasteiger partial charge in [-0.1, -0.05) is 77.4 Å². The molecule has 73 heavy (non-hydrogen) atoms. The second-order valence-electron chi connectivity index (χ2n) is 18.7. The van der Waals surface area contributed by atoms with Crippen molar-refractivity contribution in [2.24, 2.45) is 5.73 Å². The van der Waals surface area contributed by atoms with Crippen molar-refractivity contribution in [1.82, 2.24) is 0 Å². The van der Waals surface area contributed by atoms with E-state index in [0.717, 1.165) is 44.9 Å². The molecule has 0 aliphatic carbocycles. The van der Waals surface area contributed by atoms with Gasteiger partial charge in [-0.15, -0.1) is 0 Å². The molecule has 0 saturated carbocycles. The highest BCUT2D eigenvalue weighted by molar-refractivity contribution is 5.69. The summed E-state index contributed by atoms with van der Waals surface area (Å²) in [5.41, 5.74) is 5.52. The van der Waals surface area contributed by atoms with Gasteiger partial charge in [-0.25, -0.2) is 0 Å². The smallest absolute Gasteiger partial charge is 0.305 e. The summed E-state index contributed by atoms with van der Waals surface area (Å²) in [7, 11) is 0. The van der Waals surface area contributed by atoms with Crippen molar-refractivity contribution in [2.75, 3.05) is 139 Å². The van der Waals surface area contributed by atoms with Gasteiger partial charge in [0.15, 0.2) is 0 Å². The first-order valence-corrected chi connectivity index (χ1v) is 27.2. The Kier molecular flexibility index (Phi) is 47.6. The zero-order valence-corrected chi connectivity index (χ0v) is 44.6. The Bertz CT molecular complexity index is 1230. The van der Waals surface area contributed by atoms with Gasteiger partial charge in [-0.2, -0.15) is 0 Å². The summed E-state index contributed by atoms with van der Waals surface area (Å²) in [5, 5.41) is 69.9. The quantitative estimate of drug-likeness (QED) is 0.0246. The molecule has 0 aromatic heterocycles. The summed E-state index contributed by atoms with van der Waals surface area (Å²) < 4.78 is 69.2. The van der Waals surface area contributed by atoms with E-state index in [1.165, 1.54) is 38.5 Å². The Hall–Kier alpha value is -1.55. The van der Waals surface area contributed by atoms with Gasteiger partial charge in [-0.05, 0) is 51.5 Å². The first kappa shape index (κ1) is 69.5. The summed E-state index contributed by atoms with van der Waals surface area (Å²) in [5.74, 6) is -0.368. The lowest BCUT2D eigenvalue weighted by atomic mass is 10.1. The molecule has 0 spiro atoms. The standard InChI is InChI=1S/C52H101NO20/c1-3-5-6-7-8-9-10-11-12-13-14-15-16-17-18-20-52(61)71-41-46(24-55)69-31-45(60)29-64-33-48(70-30-43(58)23-54)34-67-39-51(36-65-28-44(59)27-62-22-19-21-53)73-50(35-63-26-42(57)4-2)40-68-38-49-37-66-32-47(25-56)72-49/h11-12,42-51,54-60H,3-10,13-41,53H2,1-2H3. The molecular weight excluding hydrogens is 959 g/mol. The van der Waals surface area contributed by atoms with Crippen LogP contribution < -0.4 is 5.73 Å². The number of aliphatic hydroxyl groups excluding tert-OH is 7. The molecule has 1 aliphatic rings. The summed E-state index contributed by atoms with van der Waals surface area (Å²) in [4.78, 5) is 12.4. The van der Waals surface area contributed by atoms with E-state index in [-0.39, 0.29) is 118 Å². The Morgan fingerprint density at radius 1 is 0.548 bits per heavy atom. The molecule has 10 atom stereocenters. The largest absolute Gasteiger partial charge is 0.463 e. The molecule has 0 amide bonds. The number of rotatable bonds is 54. The number of allylic oxidation sites excluding steroid dienone is 2. The molecule has 1 rings (SSSR count). The zero-order valence-electron chi connectivity index (χ0n) is 44.6. The number of unbranched alkanes of at least 4 members (excludes halogenated alkanes) is 11. The highest BCUT2D eigenvalue weighted by Crippen LogP contribution is 2.13. The van der Waals surface area contributed by atoms with Crippen LogP contribution in [-0.2, 0) is 61.6 Å². The third kappa shape index (κ3) is 42.2. The summed E-state index contributed by atoms with van der Waals surface area (Å²) in [6.45, 7) is 3.57. The van der Waals surface area contributed by atoms with Crippen LogP contribution in [0, 0.1) is 0 Å². The fraction of sp³-hybridized carbons (Fsp3) is 0.942. The van der Waals surface area contributed by atoms with Crippen LogP contribution in [0.25, 0.3) is 0 Å². The fourth-order valence-electron chi connectivity index (χ4n) is 7.12. The van der Waals surface area contributed by atoms with E-state index in [0.29, 0.717) is 32.6 Å². The van der Waals surface area contributed by atoms with Crippen molar-refractivity contribution in [2.45, 2.75) is 178 Å². The van der Waals surface area contributed by atoms with Crippen LogP contribution in [-0.4, -0.2) is 241 Å². The molecule has 1 saturated heterocycles. The third-order valence-electron chi connectivity index (χ3n) is 11.4. The summed E-state index contributed by atoms with van der Waals surface area (Å²) in [6.07, 6.45) is 13.3. The number of nitrogens with two attached hydrogens (primary N) is 1. The second kappa shape index (κ2) is 50.0. The number of hydrogen-bond donors (Lipinski definition) is 8. The average molecular weight is 1060 g/mol. The number of carbonyl (C=O) groups excluding carboxylic acids is 1. The highest BCUT2D eigenvalue weighted by atomic mass is 16.6. The maximum absolute atomic E-state index is 12.4. The topological polar surface area (TPSA) is 295 Å². The minimum absolute atomic E-state index is 0.0327. The first-order valence-electron chi connectivity index (χ1n) is 27.2.